The number of rotatable bonds is 5. The average molecular weight is 339 g/mol. The average Bonchev–Trinajstić information content (AvgIpc) is 2.63. The second-order valence-electron chi connectivity index (χ2n) is 5.99. The number of nitrogens with one attached hydrogen (secondary N) is 1. The van der Waals surface area contributed by atoms with E-state index in [4.69, 9.17) is 10.5 Å². The zero-order chi connectivity index (χ0) is 17.6. The highest BCUT2D eigenvalue weighted by molar-refractivity contribution is 5.92. The van der Waals surface area contributed by atoms with Crippen molar-refractivity contribution < 1.29 is 14.3 Å². The van der Waals surface area contributed by atoms with Crippen molar-refractivity contribution in [3.8, 4) is 11.1 Å². The van der Waals surface area contributed by atoms with Gasteiger partial charge in [0.2, 0.25) is 11.8 Å². The smallest absolute Gasteiger partial charge is 0.247 e. The van der Waals surface area contributed by atoms with Gasteiger partial charge in [-0.15, -0.1) is 0 Å². The highest BCUT2D eigenvalue weighted by Gasteiger charge is 2.25. The standard InChI is InChI=1S/C19H21N3O3/c20-19(24)17-12-22(10-11-25-17)13-18(23)21-16-8-6-15(7-9-16)14-4-2-1-3-5-14/h1-9,17H,10-13H2,(H2,20,24)(H,21,23). The number of nitrogens with zero attached hydrogens (tertiary/aromatic N) is 1. The SMILES string of the molecule is NC(=O)C1CN(CC(=O)Nc2ccc(-c3ccccc3)cc2)CCO1. The highest BCUT2D eigenvalue weighted by Crippen LogP contribution is 2.21. The molecule has 1 aliphatic heterocycles. The highest BCUT2D eigenvalue weighted by atomic mass is 16.5. The lowest BCUT2D eigenvalue weighted by molar-refractivity contribution is -0.136. The molecule has 2 amide bonds. The first kappa shape index (κ1) is 17.1. The van der Waals surface area contributed by atoms with Gasteiger partial charge in [-0.3, -0.25) is 14.5 Å². The Kier molecular flexibility index (Phi) is 5.42. The molecule has 1 unspecified atom stereocenters. The van der Waals surface area contributed by atoms with Crippen molar-refractivity contribution in [1.82, 2.24) is 4.90 Å². The lowest BCUT2D eigenvalue weighted by Gasteiger charge is -2.30. The van der Waals surface area contributed by atoms with Crippen LogP contribution in [0.5, 0.6) is 0 Å². The topological polar surface area (TPSA) is 84.7 Å². The van der Waals surface area contributed by atoms with Gasteiger partial charge < -0.3 is 15.8 Å². The number of carbonyl (C=O) groups is 2. The maximum absolute atomic E-state index is 12.2. The van der Waals surface area contributed by atoms with E-state index in [0.29, 0.717) is 19.7 Å². The van der Waals surface area contributed by atoms with E-state index < -0.39 is 12.0 Å². The van der Waals surface area contributed by atoms with Crippen LogP contribution in [-0.2, 0) is 14.3 Å². The van der Waals surface area contributed by atoms with Crippen molar-refractivity contribution >= 4 is 17.5 Å². The van der Waals surface area contributed by atoms with Crippen LogP contribution in [0.3, 0.4) is 0 Å². The quantitative estimate of drug-likeness (QED) is 0.864. The van der Waals surface area contributed by atoms with Crippen LogP contribution in [0.2, 0.25) is 0 Å². The summed E-state index contributed by atoms with van der Waals surface area (Å²) in [4.78, 5) is 25.3. The predicted molar refractivity (Wildman–Crippen MR) is 95.9 cm³/mol. The summed E-state index contributed by atoms with van der Waals surface area (Å²) in [5.74, 6) is -0.626. The van der Waals surface area contributed by atoms with Crippen LogP contribution in [0.4, 0.5) is 5.69 Å². The second kappa shape index (κ2) is 7.92. The fraction of sp³-hybridized carbons (Fsp3) is 0.263. The Morgan fingerprint density at radius 2 is 1.76 bits per heavy atom. The van der Waals surface area contributed by atoms with Crippen molar-refractivity contribution in [3.05, 3.63) is 54.6 Å². The van der Waals surface area contributed by atoms with Crippen LogP contribution >= 0.6 is 0 Å². The Balaban J connectivity index is 1.55. The molecule has 1 aliphatic rings. The van der Waals surface area contributed by atoms with Crippen molar-refractivity contribution in [1.29, 1.82) is 0 Å². The van der Waals surface area contributed by atoms with Gasteiger partial charge in [0.1, 0.15) is 6.10 Å². The van der Waals surface area contributed by atoms with E-state index in [0.717, 1.165) is 16.8 Å². The Hall–Kier alpha value is -2.70. The number of morpholine rings is 1. The Morgan fingerprint density at radius 1 is 1.08 bits per heavy atom. The lowest BCUT2D eigenvalue weighted by atomic mass is 10.1. The van der Waals surface area contributed by atoms with Crippen LogP contribution in [0.1, 0.15) is 0 Å². The number of anilines is 1. The van der Waals surface area contributed by atoms with Gasteiger partial charge in [-0.2, -0.15) is 0 Å². The van der Waals surface area contributed by atoms with Gasteiger partial charge in [-0.1, -0.05) is 42.5 Å². The Labute approximate surface area is 146 Å². The van der Waals surface area contributed by atoms with Crippen LogP contribution < -0.4 is 11.1 Å². The number of hydrogen-bond acceptors (Lipinski definition) is 4. The second-order valence-corrected chi connectivity index (χ2v) is 5.99. The van der Waals surface area contributed by atoms with Crippen LogP contribution in [0.25, 0.3) is 11.1 Å². The number of carbonyl (C=O) groups excluding carboxylic acids is 2. The van der Waals surface area contributed by atoms with E-state index in [-0.39, 0.29) is 12.5 Å². The molecule has 3 rings (SSSR count). The third-order valence-corrected chi connectivity index (χ3v) is 4.11. The summed E-state index contributed by atoms with van der Waals surface area (Å²) in [6.45, 7) is 1.54. The fourth-order valence-electron chi connectivity index (χ4n) is 2.80. The van der Waals surface area contributed by atoms with Crippen molar-refractivity contribution in [2.45, 2.75) is 6.10 Å². The molecule has 2 aromatic rings. The molecule has 6 heteroatoms. The third-order valence-electron chi connectivity index (χ3n) is 4.11. The summed E-state index contributed by atoms with van der Waals surface area (Å²) in [6, 6.07) is 17.8. The molecule has 1 heterocycles. The maximum atomic E-state index is 12.2. The summed E-state index contributed by atoms with van der Waals surface area (Å²) >= 11 is 0. The Morgan fingerprint density at radius 3 is 2.44 bits per heavy atom. The molecule has 0 radical (unpaired) electrons. The predicted octanol–water partition coefficient (Wildman–Crippen LogP) is 1.48. The van der Waals surface area contributed by atoms with E-state index in [2.05, 4.69) is 5.32 Å². The molecule has 1 fully saturated rings. The molecule has 130 valence electrons. The van der Waals surface area contributed by atoms with E-state index >= 15 is 0 Å². The van der Waals surface area contributed by atoms with Crippen LogP contribution in [0, 0.1) is 0 Å². The zero-order valence-electron chi connectivity index (χ0n) is 13.9. The lowest BCUT2D eigenvalue weighted by Crippen LogP contribution is -2.50. The molecule has 0 aromatic heterocycles. The van der Waals surface area contributed by atoms with Crippen molar-refractivity contribution in [3.63, 3.8) is 0 Å². The Bertz CT molecular complexity index is 731. The first-order valence-corrected chi connectivity index (χ1v) is 8.20. The molecular formula is C19H21N3O3. The van der Waals surface area contributed by atoms with Crippen LogP contribution in [-0.4, -0.2) is 49.1 Å². The fourth-order valence-corrected chi connectivity index (χ4v) is 2.80. The minimum absolute atomic E-state index is 0.127. The van der Waals surface area contributed by atoms with E-state index in [1.165, 1.54) is 0 Å². The molecular weight excluding hydrogens is 318 g/mol. The normalized spacial score (nSPS) is 17.8. The summed E-state index contributed by atoms with van der Waals surface area (Å²) in [7, 11) is 0. The molecule has 25 heavy (non-hydrogen) atoms. The first-order chi connectivity index (χ1) is 12.1. The molecule has 0 aliphatic carbocycles. The van der Waals surface area contributed by atoms with Crippen LogP contribution in [0.15, 0.2) is 54.6 Å². The van der Waals surface area contributed by atoms with Crippen molar-refractivity contribution in [2.24, 2.45) is 5.73 Å². The molecule has 0 spiro atoms. The molecule has 0 bridgehead atoms. The third kappa shape index (κ3) is 4.65. The number of amides is 2. The van der Waals surface area contributed by atoms with Crippen molar-refractivity contribution in [2.75, 3.05) is 31.6 Å². The van der Waals surface area contributed by atoms with Gasteiger partial charge in [0.15, 0.2) is 0 Å². The van der Waals surface area contributed by atoms with Gasteiger partial charge in [0.05, 0.1) is 13.2 Å². The van der Waals surface area contributed by atoms with E-state index in [9.17, 15) is 9.59 Å². The molecule has 1 saturated heterocycles. The van der Waals surface area contributed by atoms with Gasteiger partial charge in [0.25, 0.3) is 0 Å². The minimum Gasteiger partial charge on any atom is -0.367 e. The molecule has 3 N–H and O–H groups in total. The van der Waals surface area contributed by atoms with Gasteiger partial charge in [-0.25, -0.2) is 0 Å². The molecule has 1 atom stereocenters. The minimum atomic E-state index is -0.647. The summed E-state index contributed by atoms with van der Waals surface area (Å²) in [6.07, 6.45) is -0.647. The summed E-state index contributed by atoms with van der Waals surface area (Å²) in [5, 5.41) is 2.87. The molecule has 2 aromatic carbocycles. The van der Waals surface area contributed by atoms with Gasteiger partial charge >= 0.3 is 0 Å². The monoisotopic (exact) mass is 339 g/mol. The zero-order valence-corrected chi connectivity index (χ0v) is 13.9. The number of nitrogens with two attached hydrogens (primary N) is 1. The summed E-state index contributed by atoms with van der Waals surface area (Å²) in [5.41, 5.74) is 8.22. The number of primary amides is 1. The largest absolute Gasteiger partial charge is 0.367 e. The summed E-state index contributed by atoms with van der Waals surface area (Å²) < 4.78 is 5.28. The van der Waals surface area contributed by atoms with Gasteiger partial charge in [0, 0.05) is 18.8 Å². The van der Waals surface area contributed by atoms with E-state index in [1.807, 2.05) is 59.5 Å². The number of hydrogen-bond donors (Lipinski definition) is 2. The first-order valence-electron chi connectivity index (χ1n) is 8.20. The van der Waals surface area contributed by atoms with E-state index in [1.54, 1.807) is 0 Å². The maximum Gasteiger partial charge on any atom is 0.247 e. The number of ether oxygens (including phenoxy) is 1. The molecule has 6 nitrogen and oxygen atoms in total. The van der Waals surface area contributed by atoms with Gasteiger partial charge in [-0.05, 0) is 23.3 Å². The number of benzene rings is 2. The molecule has 0 saturated carbocycles.